The Kier molecular flexibility index (Phi) is 4.81. The van der Waals surface area contributed by atoms with E-state index in [4.69, 9.17) is 0 Å². The first kappa shape index (κ1) is 17.5. The molecule has 0 spiro atoms. The minimum atomic E-state index is -3.62. The molecule has 0 bridgehead atoms. The van der Waals surface area contributed by atoms with Crippen LogP contribution in [-0.4, -0.2) is 26.9 Å². The fraction of sp³-hybridized carbons (Fsp3) is 0.316. The number of hydrogen-bond donors (Lipinski definition) is 1. The quantitative estimate of drug-likeness (QED) is 0.893. The molecule has 0 radical (unpaired) electrons. The van der Waals surface area contributed by atoms with Gasteiger partial charge in [-0.25, -0.2) is 8.42 Å². The van der Waals surface area contributed by atoms with Crippen LogP contribution in [0.25, 0.3) is 0 Å². The predicted molar refractivity (Wildman–Crippen MR) is 98.3 cm³/mol. The molecular weight excluding hydrogens is 336 g/mol. The predicted octanol–water partition coefficient (Wildman–Crippen LogP) is 2.97. The second kappa shape index (κ2) is 6.88. The van der Waals surface area contributed by atoms with E-state index >= 15 is 0 Å². The van der Waals surface area contributed by atoms with Crippen LogP contribution >= 0.6 is 0 Å². The van der Waals surface area contributed by atoms with Gasteiger partial charge >= 0.3 is 0 Å². The molecular formula is C19H22N2O3S. The topological polar surface area (TPSA) is 66.5 Å². The summed E-state index contributed by atoms with van der Waals surface area (Å²) in [5, 5.41) is 2.87. The van der Waals surface area contributed by atoms with E-state index in [1.807, 2.05) is 38.1 Å². The third-order valence-electron chi connectivity index (χ3n) is 4.54. The number of hydrogen-bond acceptors (Lipinski definition) is 3. The molecule has 1 atom stereocenters. The summed E-state index contributed by atoms with van der Waals surface area (Å²) >= 11 is 0. The number of para-hydroxylation sites is 1. The van der Waals surface area contributed by atoms with Crippen LogP contribution in [0, 0.1) is 0 Å². The number of amides is 1. The number of fused-ring (bicyclic) bond motifs is 1. The summed E-state index contributed by atoms with van der Waals surface area (Å²) in [5.41, 5.74) is 2.23. The summed E-state index contributed by atoms with van der Waals surface area (Å²) in [5.74, 6) is -0.190. The maximum absolute atomic E-state index is 12.9. The summed E-state index contributed by atoms with van der Waals surface area (Å²) in [6, 6.07) is 13.7. The lowest BCUT2D eigenvalue weighted by atomic mass is 10.2. The van der Waals surface area contributed by atoms with E-state index in [1.54, 1.807) is 12.1 Å². The molecule has 1 N–H and O–H groups in total. The molecule has 0 saturated heterocycles. The Balaban J connectivity index is 1.84. The second-order valence-electron chi connectivity index (χ2n) is 6.26. The lowest BCUT2D eigenvalue weighted by Crippen LogP contribution is -2.32. The first-order chi connectivity index (χ1) is 11.9. The van der Waals surface area contributed by atoms with Gasteiger partial charge in [0.05, 0.1) is 10.6 Å². The minimum Gasteiger partial charge on any atom is -0.350 e. The van der Waals surface area contributed by atoms with Crippen LogP contribution in [0.3, 0.4) is 0 Å². The van der Waals surface area contributed by atoms with Crippen molar-refractivity contribution < 1.29 is 13.2 Å². The molecule has 1 aliphatic heterocycles. The van der Waals surface area contributed by atoms with E-state index in [0.29, 0.717) is 18.5 Å². The number of benzene rings is 2. The normalized spacial score (nSPS) is 14.9. The highest BCUT2D eigenvalue weighted by molar-refractivity contribution is 7.92. The van der Waals surface area contributed by atoms with Crippen LogP contribution in [0.1, 0.15) is 36.2 Å². The fourth-order valence-corrected chi connectivity index (χ4v) is 4.38. The Hall–Kier alpha value is -2.34. The molecule has 6 heteroatoms. The van der Waals surface area contributed by atoms with Gasteiger partial charge in [0.1, 0.15) is 0 Å². The molecule has 1 amide bonds. The first-order valence-electron chi connectivity index (χ1n) is 8.45. The van der Waals surface area contributed by atoms with Crippen LogP contribution in [0.2, 0.25) is 0 Å². The van der Waals surface area contributed by atoms with Crippen molar-refractivity contribution in [1.29, 1.82) is 0 Å². The van der Waals surface area contributed by atoms with E-state index in [0.717, 1.165) is 17.7 Å². The summed E-state index contributed by atoms with van der Waals surface area (Å²) in [6.07, 6.45) is 1.55. The summed E-state index contributed by atoms with van der Waals surface area (Å²) in [7, 11) is -3.62. The number of sulfonamides is 1. The van der Waals surface area contributed by atoms with Gasteiger partial charge in [-0.3, -0.25) is 9.10 Å². The van der Waals surface area contributed by atoms with E-state index in [1.165, 1.54) is 16.4 Å². The largest absolute Gasteiger partial charge is 0.350 e. The van der Waals surface area contributed by atoms with Crippen LogP contribution < -0.4 is 9.62 Å². The molecule has 132 valence electrons. The number of carbonyl (C=O) groups excluding carboxylic acids is 1. The average Bonchev–Trinajstić information content (AvgIpc) is 3.06. The zero-order valence-corrected chi connectivity index (χ0v) is 15.2. The molecule has 2 aromatic rings. The van der Waals surface area contributed by atoms with Crippen molar-refractivity contribution >= 4 is 21.6 Å². The maximum atomic E-state index is 12.9. The van der Waals surface area contributed by atoms with Gasteiger partial charge in [-0.1, -0.05) is 25.1 Å². The summed E-state index contributed by atoms with van der Waals surface area (Å²) in [4.78, 5) is 12.3. The van der Waals surface area contributed by atoms with Crippen LogP contribution in [-0.2, 0) is 16.4 Å². The molecule has 0 saturated carbocycles. The number of nitrogens with one attached hydrogen (secondary N) is 1. The van der Waals surface area contributed by atoms with Gasteiger partial charge in [0.25, 0.3) is 15.9 Å². The maximum Gasteiger partial charge on any atom is 0.264 e. The monoisotopic (exact) mass is 358 g/mol. The molecule has 0 fully saturated rings. The molecule has 0 aliphatic carbocycles. The highest BCUT2D eigenvalue weighted by atomic mass is 32.2. The number of anilines is 1. The zero-order chi connectivity index (χ0) is 18.0. The Morgan fingerprint density at radius 2 is 1.84 bits per heavy atom. The minimum absolute atomic E-state index is 0.0806. The van der Waals surface area contributed by atoms with Gasteiger partial charge in [0.15, 0.2) is 0 Å². The Bertz CT molecular complexity index is 876. The fourth-order valence-electron chi connectivity index (χ4n) is 2.87. The standard InChI is InChI=1S/C19H22N2O3S/c1-3-14(2)20-19(22)16-8-10-17(11-9-16)25(23,24)21-13-12-15-6-4-5-7-18(15)21/h4-11,14H,3,12-13H2,1-2H3,(H,20,22). The molecule has 3 rings (SSSR count). The van der Waals surface area contributed by atoms with Gasteiger partial charge in [-0.15, -0.1) is 0 Å². The third kappa shape index (κ3) is 3.39. The smallest absolute Gasteiger partial charge is 0.264 e. The van der Waals surface area contributed by atoms with E-state index in [2.05, 4.69) is 5.32 Å². The number of carbonyl (C=O) groups is 1. The van der Waals surface area contributed by atoms with Gasteiger partial charge in [-0.2, -0.15) is 0 Å². The number of rotatable bonds is 5. The molecule has 1 heterocycles. The molecule has 5 nitrogen and oxygen atoms in total. The van der Waals surface area contributed by atoms with Gasteiger partial charge in [0, 0.05) is 18.2 Å². The molecule has 1 aliphatic rings. The van der Waals surface area contributed by atoms with E-state index in [-0.39, 0.29) is 16.8 Å². The third-order valence-corrected chi connectivity index (χ3v) is 6.37. The summed E-state index contributed by atoms with van der Waals surface area (Å²) < 4.78 is 27.3. The van der Waals surface area contributed by atoms with Crippen molar-refractivity contribution in [2.75, 3.05) is 10.8 Å². The molecule has 25 heavy (non-hydrogen) atoms. The Morgan fingerprint density at radius 3 is 2.52 bits per heavy atom. The SMILES string of the molecule is CCC(C)NC(=O)c1ccc(S(=O)(=O)N2CCc3ccccc32)cc1. The van der Waals surface area contributed by atoms with Crippen molar-refractivity contribution in [3.63, 3.8) is 0 Å². The van der Waals surface area contributed by atoms with Gasteiger partial charge < -0.3 is 5.32 Å². The van der Waals surface area contributed by atoms with E-state index in [9.17, 15) is 13.2 Å². The van der Waals surface area contributed by atoms with Crippen LogP contribution in [0.5, 0.6) is 0 Å². The zero-order valence-electron chi connectivity index (χ0n) is 14.4. The Labute approximate surface area is 148 Å². The summed E-state index contributed by atoms with van der Waals surface area (Å²) in [6.45, 7) is 4.37. The first-order valence-corrected chi connectivity index (χ1v) is 9.89. The lowest BCUT2D eigenvalue weighted by Gasteiger charge is -2.19. The van der Waals surface area contributed by atoms with Gasteiger partial charge in [0.2, 0.25) is 0 Å². The highest BCUT2D eigenvalue weighted by Crippen LogP contribution is 2.32. The van der Waals surface area contributed by atoms with E-state index < -0.39 is 10.0 Å². The number of nitrogens with zero attached hydrogens (tertiary/aromatic N) is 1. The van der Waals surface area contributed by atoms with Crippen molar-refractivity contribution in [3.05, 3.63) is 59.7 Å². The molecule has 2 aromatic carbocycles. The van der Waals surface area contributed by atoms with Crippen molar-refractivity contribution in [1.82, 2.24) is 5.32 Å². The Morgan fingerprint density at radius 1 is 1.16 bits per heavy atom. The van der Waals surface area contributed by atoms with Crippen LogP contribution in [0.4, 0.5) is 5.69 Å². The molecule has 1 unspecified atom stereocenters. The van der Waals surface area contributed by atoms with Crippen molar-refractivity contribution in [2.45, 2.75) is 37.6 Å². The second-order valence-corrected chi connectivity index (χ2v) is 8.13. The van der Waals surface area contributed by atoms with Gasteiger partial charge in [-0.05, 0) is 55.7 Å². The van der Waals surface area contributed by atoms with Crippen LogP contribution in [0.15, 0.2) is 53.4 Å². The van der Waals surface area contributed by atoms with Crippen molar-refractivity contribution in [3.8, 4) is 0 Å². The molecule has 0 aromatic heterocycles. The lowest BCUT2D eigenvalue weighted by molar-refractivity contribution is 0.0939. The highest BCUT2D eigenvalue weighted by Gasteiger charge is 2.30. The van der Waals surface area contributed by atoms with Crippen molar-refractivity contribution in [2.24, 2.45) is 0 Å². The average molecular weight is 358 g/mol.